The first kappa shape index (κ1) is 14.2. The van der Waals surface area contributed by atoms with Crippen molar-refractivity contribution < 1.29 is 18.9 Å². The maximum atomic E-state index is 5.82. The number of fused-ring (bicyclic) bond motifs is 1. The Hall–Kier alpha value is -0.780. The molecule has 5 heteroatoms. The zero-order valence-corrected chi connectivity index (χ0v) is 13.1. The van der Waals surface area contributed by atoms with Crippen LogP contribution in [0.1, 0.15) is 17.3 Å². The van der Waals surface area contributed by atoms with Crippen molar-refractivity contribution in [2.45, 2.75) is 17.9 Å². The Morgan fingerprint density at radius 1 is 1.10 bits per heavy atom. The van der Waals surface area contributed by atoms with E-state index in [1.165, 1.54) is 0 Å². The molecule has 1 saturated heterocycles. The van der Waals surface area contributed by atoms with Gasteiger partial charge >= 0.3 is 0 Å². The summed E-state index contributed by atoms with van der Waals surface area (Å²) in [7, 11) is 0. The number of ether oxygens (including phenoxy) is 4. The molecule has 0 aliphatic carbocycles. The fourth-order valence-electron chi connectivity index (χ4n) is 2.33. The van der Waals surface area contributed by atoms with Gasteiger partial charge in [0.1, 0.15) is 0 Å². The van der Waals surface area contributed by atoms with Gasteiger partial charge < -0.3 is 18.9 Å². The molecule has 2 heterocycles. The lowest BCUT2D eigenvalue weighted by Crippen LogP contribution is -2.31. The second-order valence-electron chi connectivity index (χ2n) is 5.32. The Labute approximate surface area is 127 Å². The Kier molecular flexibility index (Phi) is 4.48. The number of hydrogen-bond donors (Lipinski definition) is 0. The zero-order chi connectivity index (χ0) is 13.9. The molecule has 0 spiro atoms. The van der Waals surface area contributed by atoms with Crippen LogP contribution in [0.5, 0.6) is 11.5 Å². The minimum absolute atomic E-state index is 0.0346. The minimum atomic E-state index is 0.0346. The van der Waals surface area contributed by atoms with E-state index >= 15 is 0 Å². The lowest BCUT2D eigenvalue weighted by Gasteiger charge is -2.27. The summed E-state index contributed by atoms with van der Waals surface area (Å²) in [5.74, 6) is 2.03. The third-order valence-electron chi connectivity index (χ3n) is 3.50. The molecule has 2 aliphatic rings. The number of benzene rings is 1. The summed E-state index contributed by atoms with van der Waals surface area (Å²) >= 11 is 3.71. The molecule has 0 N–H and O–H groups in total. The molecule has 1 aromatic rings. The molecule has 1 aromatic carbocycles. The molecule has 0 bridgehead atoms. The Bertz CT molecular complexity index is 459. The first-order chi connectivity index (χ1) is 9.74. The predicted octanol–water partition coefficient (Wildman–Crippen LogP) is 2.95. The lowest BCUT2D eigenvalue weighted by atomic mass is 10.1. The van der Waals surface area contributed by atoms with E-state index in [1.807, 2.05) is 12.1 Å². The minimum Gasteiger partial charge on any atom is -0.489 e. The van der Waals surface area contributed by atoms with E-state index in [9.17, 15) is 0 Å². The molecule has 1 fully saturated rings. The van der Waals surface area contributed by atoms with Crippen molar-refractivity contribution in [3.63, 3.8) is 0 Å². The first-order valence-corrected chi connectivity index (χ1v) is 7.88. The summed E-state index contributed by atoms with van der Waals surface area (Å²) in [6.45, 7) is 5.44. The molecular formula is C15H19BrO4. The van der Waals surface area contributed by atoms with Crippen LogP contribution >= 0.6 is 15.9 Å². The van der Waals surface area contributed by atoms with Gasteiger partial charge in [-0.2, -0.15) is 0 Å². The van der Waals surface area contributed by atoms with E-state index in [4.69, 9.17) is 18.9 Å². The van der Waals surface area contributed by atoms with Crippen molar-refractivity contribution in [2.75, 3.05) is 33.0 Å². The van der Waals surface area contributed by atoms with Crippen LogP contribution in [0.2, 0.25) is 0 Å². The second kappa shape index (κ2) is 6.33. The molecule has 110 valence electrons. The first-order valence-electron chi connectivity index (χ1n) is 6.97. The van der Waals surface area contributed by atoms with Crippen molar-refractivity contribution >= 4 is 15.9 Å². The molecule has 4 nitrogen and oxygen atoms in total. The average Bonchev–Trinajstić information content (AvgIpc) is 2.69. The summed E-state index contributed by atoms with van der Waals surface area (Å²) in [5.41, 5.74) is 1.12. The maximum Gasteiger partial charge on any atom is 0.161 e. The van der Waals surface area contributed by atoms with E-state index in [0.717, 1.165) is 17.1 Å². The van der Waals surface area contributed by atoms with Crippen LogP contribution in [0.3, 0.4) is 0 Å². The normalized spacial score (nSPS) is 27.7. The Balaban J connectivity index is 1.77. The van der Waals surface area contributed by atoms with Gasteiger partial charge in [-0.15, -0.1) is 0 Å². The van der Waals surface area contributed by atoms with Gasteiger partial charge in [0.05, 0.1) is 44.0 Å². The van der Waals surface area contributed by atoms with Crippen LogP contribution in [0.25, 0.3) is 0 Å². The summed E-state index contributed by atoms with van der Waals surface area (Å²) in [5, 5.41) is 0. The summed E-state index contributed by atoms with van der Waals surface area (Å²) < 4.78 is 22.8. The van der Waals surface area contributed by atoms with Gasteiger partial charge in [-0.1, -0.05) is 28.9 Å². The van der Waals surface area contributed by atoms with E-state index < -0.39 is 0 Å². The van der Waals surface area contributed by atoms with Gasteiger partial charge in [-0.05, 0) is 17.7 Å². The van der Waals surface area contributed by atoms with Crippen LogP contribution in [0.15, 0.2) is 18.2 Å². The third kappa shape index (κ3) is 3.10. The van der Waals surface area contributed by atoms with E-state index in [-0.39, 0.29) is 10.9 Å². The largest absolute Gasteiger partial charge is 0.489 e. The molecule has 2 aliphatic heterocycles. The molecular weight excluding hydrogens is 324 g/mol. The quantitative estimate of drug-likeness (QED) is 0.774. The standard InChI is InChI=1S/C15H19BrO4/c1-10-7-19-12-3-2-11(6-13(12)20-8-10)15(16)14-9-17-4-5-18-14/h2-3,6,10,14-15H,4-5,7-9H2,1H3. The van der Waals surface area contributed by atoms with Crippen molar-refractivity contribution in [3.05, 3.63) is 23.8 Å². The van der Waals surface area contributed by atoms with Gasteiger partial charge in [0.15, 0.2) is 11.5 Å². The third-order valence-corrected chi connectivity index (χ3v) is 4.62. The molecule has 3 rings (SSSR count). The second-order valence-corrected chi connectivity index (χ2v) is 6.31. The number of halogens is 1. The summed E-state index contributed by atoms with van der Waals surface area (Å²) in [6.07, 6.45) is 0.0346. The molecule has 0 amide bonds. The summed E-state index contributed by atoms with van der Waals surface area (Å²) in [4.78, 5) is 0.0948. The SMILES string of the molecule is CC1COc2ccc(C(Br)C3COCCO3)cc2OC1. The van der Waals surface area contributed by atoms with Crippen molar-refractivity contribution in [1.82, 2.24) is 0 Å². The van der Waals surface area contributed by atoms with Crippen molar-refractivity contribution in [2.24, 2.45) is 5.92 Å². The number of hydrogen-bond acceptors (Lipinski definition) is 4. The van der Waals surface area contributed by atoms with E-state index in [2.05, 4.69) is 28.9 Å². The highest BCUT2D eigenvalue weighted by Crippen LogP contribution is 2.37. The van der Waals surface area contributed by atoms with E-state index in [0.29, 0.717) is 39.0 Å². The molecule has 3 atom stereocenters. The van der Waals surface area contributed by atoms with Gasteiger partial charge in [0.2, 0.25) is 0 Å². The topological polar surface area (TPSA) is 36.9 Å². The highest BCUT2D eigenvalue weighted by atomic mass is 79.9. The predicted molar refractivity (Wildman–Crippen MR) is 78.8 cm³/mol. The zero-order valence-electron chi connectivity index (χ0n) is 11.5. The number of rotatable bonds is 2. The summed E-state index contributed by atoms with van der Waals surface area (Å²) in [6, 6.07) is 6.06. The van der Waals surface area contributed by atoms with Crippen LogP contribution in [0.4, 0.5) is 0 Å². The highest BCUT2D eigenvalue weighted by Gasteiger charge is 2.26. The highest BCUT2D eigenvalue weighted by molar-refractivity contribution is 9.09. The van der Waals surface area contributed by atoms with Gasteiger partial charge in [-0.25, -0.2) is 0 Å². The van der Waals surface area contributed by atoms with Crippen LogP contribution in [0, 0.1) is 5.92 Å². The van der Waals surface area contributed by atoms with Crippen molar-refractivity contribution in [1.29, 1.82) is 0 Å². The average molecular weight is 343 g/mol. The van der Waals surface area contributed by atoms with Crippen LogP contribution in [-0.2, 0) is 9.47 Å². The van der Waals surface area contributed by atoms with Crippen molar-refractivity contribution in [3.8, 4) is 11.5 Å². The fourth-order valence-corrected chi connectivity index (χ4v) is 2.92. The number of alkyl halides is 1. The molecule has 3 unspecified atom stereocenters. The van der Waals surface area contributed by atoms with Gasteiger partial charge in [0.25, 0.3) is 0 Å². The Morgan fingerprint density at radius 3 is 2.65 bits per heavy atom. The maximum absolute atomic E-state index is 5.82. The molecule has 0 saturated carbocycles. The lowest BCUT2D eigenvalue weighted by molar-refractivity contribution is -0.0876. The van der Waals surface area contributed by atoms with Crippen LogP contribution in [-0.4, -0.2) is 39.1 Å². The van der Waals surface area contributed by atoms with Crippen LogP contribution < -0.4 is 9.47 Å². The molecule has 0 aromatic heterocycles. The monoisotopic (exact) mass is 342 g/mol. The van der Waals surface area contributed by atoms with Gasteiger partial charge in [0, 0.05) is 5.92 Å². The Morgan fingerprint density at radius 2 is 1.90 bits per heavy atom. The fraction of sp³-hybridized carbons (Fsp3) is 0.600. The van der Waals surface area contributed by atoms with E-state index in [1.54, 1.807) is 0 Å². The smallest absolute Gasteiger partial charge is 0.161 e. The van der Waals surface area contributed by atoms with Gasteiger partial charge in [-0.3, -0.25) is 0 Å². The molecule has 0 radical (unpaired) electrons. The molecule has 20 heavy (non-hydrogen) atoms.